The second kappa shape index (κ2) is 10.2. The second-order valence-electron chi connectivity index (χ2n) is 8.97. The van der Waals surface area contributed by atoms with Gasteiger partial charge in [0, 0.05) is 42.2 Å². The number of fused-ring (bicyclic) bond motifs is 3. The lowest BCUT2D eigenvalue weighted by molar-refractivity contribution is 0.0688. The van der Waals surface area contributed by atoms with Crippen LogP contribution in [-0.2, 0) is 29.9 Å². The third-order valence-corrected chi connectivity index (χ3v) is 6.03. The van der Waals surface area contributed by atoms with Gasteiger partial charge in [0.15, 0.2) is 11.6 Å². The van der Waals surface area contributed by atoms with E-state index in [9.17, 15) is 18.7 Å². The van der Waals surface area contributed by atoms with E-state index in [0.29, 0.717) is 40.6 Å². The quantitative estimate of drug-likeness (QED) is 0.403. The lowest BCUT2D eigenvalue weighted by Crippen LogP contribution is -2.27. The van der Waals surface area contributed by atoms with Gasteiger partial charge in [0.1, 0.15) is 34.4 Å². The van der Waals surface area contributed by atoms with Crippen molar-refractivity contribution in [3.63, 3.8) is 0 Å². The van der Waals surface area contributed by atoms with Crippen molar-refractivity contribution in [3.8, 4) is 22.8 Å². The molecule has 12 heteroatoms. The molecule has 0 bridgehead atoms. The van der Waals surface area contributed by atoms with E-state index in [1.54, 1.807) is 26.0 Å². The Bertz CT molecular complexity index is 1680. The van der Waals surface area contributed by atoms with Crippen LogP contribution in [0, 0.1) is 11.6 Å². The van der Waals surface area contributed by atoms with E-state index in [-0.39, 0.29) is 31.2 Å². The Labute approximate surface area is 223 Å². The molecule has 0 saturated carbocycles. The highest BCUT2D eigenvalue weighted by Crippen LogP contribution is 2.29. The van der Waals surface area contributed by atoms with Gasteiger partial charge >= 0.3 is 0 Å². The largest absolute Gasteiger partial charge is 0.485 e. The number of halogens is 3. The average Bonchev–Trinajstić information content (AvgIpc) is 2.87. The van der Waals surface area contributed by atoms with Gasteiger partial charge in [-0.1, -0.05) is 11.6 Å². The monoisotopic (exact) mass is 543 g/mol. The molecule has 0 aliphatic carbocycles. The molecule has 0 radical (unpaired) electrons. The number of hydrogen-bond donors (Lipinski definition) is 1. The van der Waals surface area contributed by atoms with Crippen molar-refractivity contribution >= 4 is 11.6 Å². The predicted molar refractivity (Wildman–Crippen MR) is 133 cm³/mol. The van der Waals surface area contributed by atoms with E-state index < -0.39 is 40.1 Å². The summed E-state index contributed by atoms with van der Waals surface area (Å²) >= 11 is 6.38. The van der Waals surface area contributed by atoms with Gasteiger partial charge in [-0.05, 0) is 26.0 Å². The van der Waals surface area contributed by atoms with Gasteiger partial charge in [-0.3, -0.25) is 19.3 Å². The van der Waals surface area contributed by atoms with Gasteiger partial charge < -0.3 is 14.6 Å². The number of nitrogens with zero attached hydrogens (tertiary/aromatic N) is 5. The minimum atomic E-state index is -2.88. The van der Waals surface area contributed by atoms with E-state index in [4.69, 9.17) is 23.8 Å². The van der Waals surface area contributed by atoms with Crippen molar-refractivity contribution in [1.29, 1.82) is 0 Å². The molecule has 0 fully saturated rings. The zero-order valence-corrected chi connectivity index (χ0v) is 21.0. The minimum Gasteiger partial charge on any atom is -0.485 e. The lowest BCUT2D eigenvalue weighted by atomic mass is 10.1. The molecule has 0 atom stereocenters. The molecule has 0 unspecified atom stereocenters. The highest BCUT2D eigenvalue weighted by atomic mass is 35.5. The first-order chi connectivity index (χ1) is 18.8. The number of pyridine rings is 3. The van der Waals surface area contributed by atoms with Crippen molar-refractivity contribution in [2.75, 3.05) is 6.61 Å². The Hall–Kier alpha value is -3.80. The molecule has 1 N–H and O–H groups in total. The van der Waals surface area contributed by atoms with E-state index in [1.807, 2.05) is 0 Å². The molecule has 1 aliphatic heterocycles. The van der Waals surface area contributed by atoms with Crippen LogP contribution in [0.25, 0.3) is 17.1 Å². The molecule has 1 aliphatic rings. The highest BCUT2D eigenvalue weighted by Gasteiger charge is 2.23. The van der Waals surface area contributed by atoms with Gasteiger partial charge in [-0.15, -0.1) is 0 Å². The van der Waals surface area contributed by atoms with Gasteiger partial charge in [0.2, 0.25) is 0 Å². The molecule has 4 aromatic rings. The van der Waals surface area contributed by atoms with Crippen molar-refractivity contribution in [3.05, 3.63) is 92.6 Å². The molecule has 5 heterocycles. The van der Waals surface area contributed by atoms with E-state index in [0.717, 1.165) is 0 Å². The van der Waals surface area contributed by atoms with Crippen LogP contribution >= 0.6 is 11.6 Å². The summed E-state index contributed by atoms with van der Waals surface area (Å²) < 4.78 is 56.4. The smallest absolute Gasteiger partial charge is 0.277 e. The fraction of sp³-hybridized carbons (Fsp3) is 0.269. The van der Waals surface area contributed by atoms with Crippen LogP contribution < -0.4 is 10.3 Å². The maximum Gasteiger partial charge on any atom is 0.277 e. The third kappa shape index (κ3) is 5.13. The molecule has 0 saturated heterocycles. The highest BCUT2D eigenvalue weighted by molar-refractivity contribution is 6.31. The summed E-state index contributed by atoms with van der Waals surface area (Å²) in [4.78, 5) is 30.0. The minimum absolute atomic E-state index is 0.154. The topological polar surface area (TPSA) is 112 Å². The summed E-state index contributed by atoms with van der Waals surface area (Å²) in [5.74, 6) is -2.41. The van der Waals surface area contributed by atoms with Crippen LogP contribution in [0.3, 0.4) is 0 Å². The Morgan fingerprint density at radius 3 is 2.79 bits per heavy atom. The van der Waals surface area contributed by atoms with Crippen LogP contribution in [-0.4, -0.2) is 36.2 Å². The molecule has 4 aromatic heterocycles. The maximum atomic E-state index is 14.3. The van der Waals surface area contributed by atoms with Crippen LogP contribution in [0.1, 0.15) is 39.4 Å². The first kappa shape index (κ1) is 23.3. The molecular formula is C26H22ClF2N5O4. The van der Waals surface area contributed by atoms with Crippen LogP contribution in [0.5, 0.6) is 5.75 Å². The summed E-state index contributed by atoms with van der Waals surface area (Å²) in [7, 11) is 0. The Kier molecular flexibility index (Phi) is 6.24. The molecule has 196 valence electrons. The molecule has 0 aromatic carbocycles. The first-order valence-electron chi connectivity index (χ1n) is 12.4. The first-order valence-corrected chi connectivity index (χ1v) is 11.8. The SMILES string of the molecule is [2H]C([2H])(Oc1cc2n(c(=O)c1Cl)-c1cc(-c3ccnc(C(C)(C)O)n3)ncc1COCC2)c1ncc(F)cc1F. The normalized spacial score (nSPS) is 14.5. The zero-order valence-electron chi connectivity index (χ0n) is 22.2. The molecule has 9 nitrogen and oxygen atoms in total. The fourth-order valence-corrected chi connectivity index (χ4v) is 3.99. The Morgan fingerprint density at radius 1 is 1.21 bits per heavy atom. The number of ether oxygens (including phenoxy) is 2. The molecule has 0 spiro atoms. The zero-order chi connectivity index (χ0) is 28.8. The van der Waals surface area contributed by atoms with E-state index >= 15 is 0 Å². The predicted octanol–water partition coefficient (Wildman–Crippen LogP) is 3.90. The van der Waals surface area contributed by atoms with Crippen molar-refractivity contribution in [1.82, 2.24) is 24.5 Å². The van der Waals surface area contributed by atoms with Crippen molar-refractivity contribution in [2.24, 2.45) is 0 Å². The molecular weight excluding hydrogens is 520 g/mol. The van der Waals surface area contributed by atoms with E-state index in [2.05, 4.69) is 19.9 Å². The molecule has 5 rings (SSSR count). The summed E-state index contributed by atoms with van der Waals surface area (Å²) in [5, 5.41) is 9.86. The summed E-state index contributed by atoms with van der Waals surface area (Å²) in [6, 6.07) is 5.07. The summed E-state index contributed by atoms with van der Waals surface area (Å²) in [6.07, 6.45) is 3.91. The van der Waals surface area contributed by atoms with Gasteiger partial charge in [-0.2, -0.15) is 0 Å². The summed E-state index contributed by atoms with van der Waals surface area (Å²) in [6.45, 7) is 0.589. The van der Waals surface area contributed by atoms with Gasteiger partial charge in [0.25, 0.3) is 5.56 Å². The number of hydrogen-bond acceptors (Lipinski definition) is 8. The van der Waals surface area contributed by atoms with Gasteiger partial charge in [0.05, 0.1) is 39.2 Å². The lowest BCUT2D eigenvalue weighted by Gasteiger charge is -2.22. The third-order valence-electron chi connectivity index (χ3n) is 5.69. The number of aliphatic hydroxyl groups is 1. The van der Waals surface area contributed by atoms with E-state index in [1.165, 1.54) is 23.0 Å². The van der Waals surface area contributed by atoms with Crippen molar-refractivity contribution < 1.29 is 26.1 Å². The Morgan fingerprint density at radius 2 is 2.03 bits per heavy atom. The Balaban J connectivity index is 1.61. The van der Waals surface area contributed by atoms with Gasteiger partial charge in [-0.25, -0.2) is 18.7 Å². The van der Waals surface area contributed by atoms with Crippen LogP contribution in [0.15, 0.2) is 47.7 Å². The second-order valence-corrected chi connectivity index (χ2v) is 9.35. The molecule has 38 heavy (non-hydrogen) atoms. The summed E-state index contributed by atoms with van der Waals surface area (Å²) in [5.41, 5.74) is -0.703. The number of aromatic nitrogens is 5. The fourth-order valence-electron chi connectivity index (χ4n) is 3.82. The average molecular weight is 544 g/mol. The van der Waals surface area contributed by atoms with Crippen LogP contribution in [0.4, 0.5) is 8.78 Å². The number of rotatable bonds is 5. The standard InChI is InChI=1S/C26H22ClF2N5O4/c1-26(2,36)25-30-5-3-18(33-25)19-9-21-14(10-31-19)12-37-6-4-16-8-22(23(27)24(35)34(16)21)38-13-20-17(29)7-15(28)11-32-20/h3,5,7-11,36H,4,6,12-13H2,1-2H3/i13D2. The van der Waals surface area contributed by atoms with Crippen molar-refractivity contribution in [2.45, 2.75) is 39.0 Å². The molecule has 0 amide bonds. The van der Waals surface area contributed by atoms with Crippen LogP contribution in [0.2, 0.25) is 5.02 Å². The maximum absolute atomic E-state index is 14.3.